The molecule has 1 amide bonds. The molecular formula is C27H23N9O2S. The lowest BCUT2D eigenvalue weighted by Crippen LogP contribution is -2.34. The highest BCUT2D eigenvalue weighted by Crippen LogP contribution is 2.29. The summed E-state index contributed by atoms with van der Waals surface area (Å²) in [4.78, 5) is 27.5. The van der Waals surface area contributed by atoms with Crippen LogP contribution in [-0.2, 0) is 7.05 Å². The number of aryl methyl sites for hydroxylation is 1. The molecular weight excluding hydrogens is 514 g/mol. The first kappa shape index (κ1) is 24.5. The number of thiazole rings is 1. The van der Waals surface area contributed by atoms with Crippen LogP contribution in [0.3, 0.4) is 0 Å². The number of nitrogens with one attached hydrogen (secondary N) is 2. The number of benzene rings is 2. The number of nitrogens with zero attached hydrogens (tertiary/aromatic N) is 7. The van der Waals surface area contributed by atoms with Gasteiger partial charge in [-0.15, -0.1) is 21.5 Å². The number of pyridine rings is 1. The fourth-order valence-corrected chi connectivity index (χ4v) is 4.77. The molecule has 6 rings (SSSR count). The zero-order valence-corrected chi connectivity index (χ0v) is 21.7. The third-order valence-corrected chi connectivity index (χ3v) is 6.80. The van der Waals surface area contributed by atoms with Crippen LogP contribution < -0.4 is 10.6 Å². The van der Waals surface area contributed by atoms with Crippen molar-refractivity contribution in [1.29, 1.82) is 0 Å². The van der Waals surface area contributed by atoms with Gasteiger partial charge in [0.25, 0.3) is 5.91 Å². The predicted octanol–water partition coefficient (Wildman–Crippen LogP) is 3.65. The molecule has 0 radical (unpaired) electrons. The van der Waals surface area contributed by atoms with Crippen molar-refractivity contribution in [2.45, 2.75) is 6.04 Å². The van der Waals surface area contributed by atoms with Crippen molar-refractivity contribution in [3.63, 3.8) is 0 Å². The van der Waals surface area contributed by atoms with Crippen molar-refractivity contribution in [2.24, 2.45) is 7.05 Å². The fourth-order valence-electron chi connectivity index (χ4n) is 4.14. The Morgan fingerprint density at radius 3 is 2.72 bits per heavy atom. The van der Waals surface area contributed by atoms with E-state index < -0.39 is 0 Å². The molecule has 0 saturated heterocycles. The Morgan fingerprint density at radius 2 is 1.92 bits per heavy atom. The molecule has 2 N–H and O–H groups in total. The molecule has 0 aliphatic heterocycles. The number of carbonyl (C=O) groups excluding carboxylic acids is 1. The van der Waals surface area contributed by atoms with Gasteiger partial charge in [0, 0.05) is 42.0 Å². The molecule has 0 bridgehead atoms. The van der Waals surface area contributed by atoms with E-state index in [9.17, 15) is 4.79 Å². The number of oxazole rings is 1. The van der Waals surface area contributed by atoms with E-state index in [-0.39, 0.29) is 17.6 Å². The highest BCUT2D eigenvalue weighted by molar-refractivity contribution is 7.13. The van der Waals surface area contributed by atoms with Crippen LogP contribution in [0.5, 0.6) is 0 Å². The highest BCUT2D eigenvalue weighted by atomic mass is 32.1. The number of tetrazole rings is 1. The Morgan fingerprint density at radius 1 is 1.03 bits per heavy atom. The zero-order chi connectivity index (χ0) is 26.6. The molecule has 1 atom stereocenters. The minimum atomic E-state index is -0.297. The molecule has 11 nitrogen and oxygen atoms in total. The molecule has 1 unspecified atom stereocenters. The second-order valence-corrected chi connectivity index (χ2v) is 9.55. The maximum Gasteiger partial charge on any atom is 0.269 e. The van der Waals surface area contributed by atoms with Crippen molar-refractivity contribution in [3.8, 4) is 22.0 Å². The van der Waals surface area contributed by atoms with E-state index in [1.54, 1.807) is 42.9 Å². The maximum atomic E-state index is 12.9. The predicted molar refractivity (Wildman–Crippen MR) is 146 cm³/mol. The average molecular weight is 538 g/mol. The van der Waals surface area contributed by atoms with Gasteiger partial charge in [-0.2, -0.15) is 4.80 Å². The fraction of sp³-hybridized carbons (Fsp3) is 0.148. The number of hydrogen-bond donors (Lipinski definition) is 2. The van der Waals surface area contributed by atoms with Gasteiger partial charge in [0.1, 0.15) is 16.2 Å². The quantitative estimate of drug-likeness (QED) is 0.265. The number of fused-ring (bicyclic) bond motifs is 1. The molecule has 6 aromatic rings. The standard InChI is InChI=1S/C27H23N9O2S/c1-36-34-24(33-35-36)23(17-5-3-2-4-6-17)29-11-12-30-25(37)21-15-18(9-10-28-21)26-32-20-16-19(7-8-22(20)38-26)27-31-13-14-39-27/h2-10,13-16,23,29H,11-12H2,1H3,(H,30,37). The molecule has 4 aromatic heterocycles. The van der Waals surface area contributed by atoms with E-state index in [0.29, 0.717) is 36.0 Å². The van der Waals surface area contributed by atoms with Crippen molar-refractivity contribution in [3.05, 3.63) is 95.5 Å². The first-order valence-corrected chi connectivity index (χ1v) is 13.1. The topological polar surface area (TPSA) is 137 Å². The molecule has 2 aromatic carbocycles. The molecule has 39 heavy (non-hydrogen) atoms. The summed E-state index contributed by atoms with van der Waals surface area (Å²) in [6.07, 6.45) is 3.35. The van der Waals surface area contributed by atoms with Crippen LogP contribution in [0.2, 0.25) is 0 Å². The minimum Gasteiger partial charge on any atom is -0.436 e. The third kappa shape index (κ3) is 5.42. The molecule has 0 spiro atoms. The minimum absolute atomic E-state index is 0.256. The molecule has 4 heterocycles. The monoisotopic (exact) mass is 537 g/mol. The van der Waals surface area contributed by atoms with Crippen LogP contribution in [0.1, 0.15) is 27.9 Å². The van der Waals surface area contributed by atoms with Crippen molar-refractivity contribution in [2.75, 3.05) is 13.1 Å². The largest absolute Gasteiger partial charge is 0.436 e. The first-order chi connectivity index (χ1) is 19.1. The SMILES string of the molecule is Cn1nnc(C(NCCNC(=O)c2cc(-c3nc4cc(-c5nccs5)ccc4o3)ccn2)c2ccccc2)n1. The molecule has 12 heteroatoms. The summed E-state index contributed by atoms with van der Waals surface area (Å²) in [5.74, 6) is 0.679. The molecule has 0 aliphatic rings. The Labute approximate surface area is 227 Å². The number of carbonyl (C=O) groups is 1. The summed E-state index contributed by atoms with van der Waals surface area (Å²) < 4.78 is 5.96. The first-order valence-electron chi connectivity index (χ1n) is 12.2. The Kier molecular flexibility index (Phi) is 6.85. The number of aromatic nitrogens is 7. The second-order valence-electron chi connectivity index (χ2n) is 8.66. The van der Waals surface area contributed by atoms with Crippen molar-refractivity contribution in [1.82, 2.24) is 45.8 Å². The van der Waals surface area contributed by atoms with Gasteiger partial charge < -0.3 is 15.1 Å². The molecule has 0 saturated carbocycles. The van der Waals surface area contributed by atoms with Crippen molar-refractivity contribution >= 4 is 28.3 Å². The molecule has 194 valence electrons. The maximum absolute atomic E-state index is 12.9. The average Bonchev–Trinajstić information content (AvgIpc) is 3.74. The lowest BCUT2D eigenvalue weighted by molar-refractivity contribution is 0.0949. The number of rotatable bonds is 9. The van der Waals surface area contributed by atoms with Crippen LogP contribution in [0.15, 0.2) is 82.9 Å². The Bertz CT molecular complexity index is 1710. The van der Waals surface area contributed by atoms with Gasteiger partial charge in [0.2, 0.25) is 5.89 Å². The lowest BCUT2D eigenvalue weighted by Gasteiger charge is -2.16. The number of hydrogen-bond acceptors (Lipinski definition) is 10. The lowest BCUT2D eigenvalue weighted by atomic mass is 10.1. The van der Waals surface area contributed by atoms with E-state index in [0.717, 1.165) is 21.7 Å². The Balaban J connectivity index is 1.11. The van der Waals surface area contributed by atoms with E-state index >= 15 is 0 Å². The van der Waals surface area contributed by atoms with Crippen LogP contribution >= 0.6 is 11.3 Å². The summed E-state index contributed by atoms with van der Waals surface area (Å²) in [6.45, 7) is 0.854. The van der Waals surface area contributed by atoms with E-state index in [1.807, 2.05) is 53.9 Å². The highest BCUT2D eigenvalue weighted by Gasteiger charge is 2.19. The van der Waals surface area contributed by atoms with Gasteiger partial charge in [0.15, 0.2) is 11.4 Å². The van der Waals surface area contributed by atoms with Gasteiger partial charge >= 0.3 is 0 Å². The third-order valence-electron chi connectivity index (χ3n) is 5.98. The second kappa shape index (κ2) is 10.9. The summed E-state index contributed by atoms with van der Waals surface area (Å²) in [7, 11) is 1.72. The van der Waals surface area contributed by atoms with E-state index in [1.165, 1.54) is 4.80 Å². The van der Waals surface area contributed by atoms with Crippen LogP contribution in [-0.4, -0.2) is 54.2 Å². The van der Waals surface area contributed by atoms with Crippen LogP contribution in [0, 0.1) is 0 Å². The van der Waals surface area contributed by atoms with Crippen molar-refractivity contribution < 1.29 is 9.21 Å². The summed E-state index contributed by atoms with van der Waals surface area (Å²) in [6, 6.07) is 18.8. The van der Waals surface area contributed by atoms with Gasteiger partial charge in [0.05, 0.1) is 13.1 Å². The zero-order valence-electron chi connectivity index (χ0n) is 20.9. The smallest absolute Gasteiger partial charge is 0.269 e. The summed E-state index contributed by atoms with van der Waals surface area (Å²) in [5, 5.41) is 21.6. The van der Waals surface area contributed by atoms with Gasteiger partial charge in [-0.3, -0.25) is 9.78 Å². The van der Waals surface area contributed by atoms with E-state index in [4.69, 9.17) is 4.42 Å². The normalized spacial score (nSPS) is 12.0. The Hall–Kier alpha value is -4.81. The van der Waals surface area contributed by atoms with Gasteiger partial charge in [-0.05, 0) is 41.1 Å². The van der Waals surface area contributed by atoms with Crippen LogP contribution in [0.4, 0.5) is 0 Å². The van der Waals surface area contributed by atoms with Gasteiger partial charge in [-0.1, -0.05) is 30.3 Å². The van der Waals surface area contributed by atoms with Gasteiger partial charge in [-0.25, -0.2) is 9.97 Å². The molecule has 0 fully saturated rings. The summed E-state index contributed by atoms with van der Waals surface area (Å²) in [5.41, 5.74) is 4.29. The van der Waals surface area contributed by atoms with E-state index in [2.05, 4.69) is 41.0 Å². The summed E-state index contributed by atoms with van der Waals surface area (Å²) >= 11 is 1.56. The van der Waals surface area contributed by atoms with Crippen LogP contribution in [0.25, 0.3) is 33.1 Å². The number of amides is 1. The molecule has 0 aliphatic carbocycles.